The van der Waals surface area contributed by atoms with E-state index in [4.69, 9.17) is 9.47 Å². The molecule has 8 rings (SSSR count). The maximum absolute atomic E-state index is 14.2. The van der Waals surface area contributed by atoms with Crippen molar-refractivity contribution in [1.82, 2.24) is 9.88 Å². The molecule has 1 aromatic heterocycles. The number of hydrogen-bond donors (Lipinski definition) is 1. The second kappa shape index (κ2) is 12.3. The summed E-state index contributed by atoms with van der Waals surface area (Å²) in [5, 5.41) is 12.6. The van der Waals surface area contributed by atoms with Gasteiger partial charge in [-0.25, -0.2) is 4.39 Å². The molecule has 7 nitrogen and oxygen atoms in total. The van der Waals surface area contributed by atoms with Gasteiger partial charge in [-0.15, -0.1) is 0 Å². The summed E-state index contributed by atoms with van der Waals surface area (Å²) in [7, 11) is 0. The summed E-state index contributed by atoms with van der Waals surface area (Å²) in [4.78, 5) is 32.0. The molecule has 1 aliphatic heterocycles. The minimum atomic E-state index is -0.727. The van der Waals surface area contributed by atoms with Crippen LogP contribution < -0.4 is 0 Å². The number of pyridine rings is 1. The van der Waals surface area contributed by atoms with Crippen LogP contribution in [-0.4, -0.2) is 45.6 Å². The van der Waals surface area contributed by atoms with Crippen LogP contribution in [0, 0.1) is 75.7 Å². The molecule has 279 valence electrons. The first-order valence-corrected chi connectivity index (χ1v) is 19.6. The summed E-state index contributed by atoms with van der Waals surface area (Å²) < 4.78 is 27.3. The zero-order chi connectivity index (χ0) is 37.0. The molecule has 1 saturated heterocycles. The molecule has 6 fully saturated rings. The van der Waals surface area contributed by atoms with Crippen molar-refractivity contribution >= 4 is 11.9 Å². The number of benzene rings is 1. The fraction of sp³-hybridized carbons (Fsp3) is 0.636. The lowest BCUT2D eigenvalue weighted by molar-refractivity contribution is -0.171. The molecule has 5 saturated carbocycles. The number of halogens is 1. The molecular formula is C44H56FN2O5. The number of aromatic nitrogens is 1. The van der Waals surface area contributed by atoms with Crippen molar-refractivity contribution in [2.75, 3.05) is 6.54 Å². The third-order valence-corrected chi connectivity index (χ3v) is 15.6. The summed E-state index contributed by atoms with van der Waals surface area (Å²) in [6, 6.07) is 10.5. The maximum atomic E-state index is 14.2. The molecule has 2 heterocycles. The molecule has 3 radical (unpaired) electrons. The molecule has 8 heteroatoms. The van der Waals surface area contributed by atoms with E-state index in [-0.39, 0.29) is 63.7 Å². The van der Waals surface area contributed by atoms with Crippen molar-refractivity contribution in [2.24, 2.45) is 44.8 Å². The smallest absolute Gasteiger partial charge is 0.312 e. The van der Waals surface area contributed by atoms with Gasteiger partial charge in [0.15, 0.2) is 0 Å². The molecule has 1 aromatic carbocycles. The highest BCUT2D eigenvalue weighted by Gasteiger charge is 2.85. The first kappa shape index (κ1) is 36.2. The number of esters is 1. The van der Waals surface area contributed by atoms with E-state index in [1.54, 1.807) is 23.9 Å². The van der Waals surface area contributed by atoms with Crippen LogP contribution in [0.3, 0.4) is 0 Å². The maximum Gasteiger partial charge on any atom is 0.312 e. The van der Waals surface area contributed by atoms with Crippen molar-refractivity contribution in [1.29, 1.82) is 0 Å². The Bertz CT molecular complexity index is 1710. The minimum Gasteiger partial charge on any atom is -0.461 e. The number of hydrogen-bond acceptors (Lipinski definition) is 6. The summed E-state index contributed by atoms with van der Waals surface area (Å²) >= 11 is 0. The third-order valence-electron chi connectivity index (χ3n) is 15.6. The Morgan fingerprint density at radius 3 is 2.58 bits per heavy atom. The zero-order valence-corrected chi connectivity index (χ0v) is 32.1. The molecule has 2 spiro atoms. The van der Waals surface area contributed by atoms with Gasteiger partial charge in [0.25, 0.3) is 0 Å². The van der Waals surface area contributed by atoms with Gasteiger partial charge in [-0.05, 0) is 128 Å². The highest BCUT2D eigenvalue weighted by Crippen LogP contribution is 2.90. The van der Waals surface area contributed by atoms with Crippen LogP contribution in [0.15, 0.2) is 42.6 Å². The van der Waals surface area contributed by atoms with Gasteiger partial charge in [-0.3, -0.25) is 14.6 Å². The van der Waals surface area contributed by atoms with Crippen molar-refractivity contribution in [3.63, 3.8) is 0 Å². The number of aryl methyl sites for hydroxylation is 1. The van der Waals surface area contributed by atoms with E-state index in [1.807, 2.05) is 31.2 Å². The van der Waals surface area contributed by atoms with Crippen LogP contribution >= 0.6 is 0 Å². The lowest BCUT2D eigenvalue weighted by atomic mass is 9.41. The standard InChI is InChI=1S/C44H56FN2O5/c1-26-18-29(21-30(45)19-26)23-47(28(3)48)24-32-20-27(2)37-38(51-32)39(50)42(7)34-12-11-33-40(4,5)35(52-36(49)22-31-10-8-9-17-46-31)13-14-43(33)25-44(34,43)16-15-41(37,42)6/h8-10,17-19,21,27,33,35,37,39,50H,11-16,20,22-25H2,1-7H3/t27-,33+,35+,37+,39+,41-,42-,43-,44+/m1/s1. The molecule has 9 atom stereocenters. The molecular weight excluding hydrogens is 655 g/mol. The van der Waals surface area contributed by atoms with E-state index in [1.165, 1.54) is 12.1 Å². The highest BCUT2D eigenvalue weighted by atomic mass is 19.1. The quantitative estimate of drug-likeness (QED) is 0.292. The topological polar surface area (TPSA) is 89.0 Å². The van der Waals surface area contributed by atoms with Gasteiger partial charge >= 0.3 is 5.97 Å². The number of fused-ring (bicyclic) bond motifs is 4. The number of carbonyl (C=O) groups is 2. The number of carbonyl (C=O) groups excluding carboxylic acids is 2. The predicted octanol–water partition coefficient (Wildman–Crippen LogP) is 8.13. The Hall–Kier alpha value is -2.84. The lowest BCUT2D eigenvalue weighted by Crippen LogP contribution is -2.59. The van der Waals surface area contributed by atoms with Crippen LogP contribution in [0.25, 0.3) is 0 Å². The van der Waals surface area contributed by atoms with Gasteiger partial charge in [-0.1, -0.05) is 46.8 Å². The van der Waals surface area contributed by atoms with Crippen molar-refractivity contribution < 1.29 is 28.6 Å². The van der Waals surface area contributed by atoms with Crippen LogP contribution in [0.1, 0.15) is 110 Å². The number of aliphatic hydroxyl groups is 1. The molecule has 5 aliphatic carbocycles. The molecule has 52 heavy (non-hydrogen) atoms. The van der Waals surface area contributed by atoms with Crippen molar-refractivity contribution in [2.45, 2.75) is 125 Å². The van der Waals surface area contributed by atoms with Crippen LogP contribution in [0.4, 0.5) is 4.39 Å². The Balaban J connectivity index is 1.00. The molecule has 1 N–H and O–H groups in total. The summed E-state index contributed by atoms with van der Waals surface area (Å²) in [5.74, 6) is 1.79. The van der Waals surface area contributed by atoms with Gasteiger partial charge in [0.05, 0.1) is 24.8 Å². The molecule has 0 unspecified atom stereocenters. The van der Waals surface area contributed by atoms with Crippen molar-refractivity contribution in [3.8, 4) is 0 Å². The Labute approximate surface area is 309 Å². The number of nitrogens with zero attached hydrogens (tertiary/aromatic N) is 2. The van der Waals surface area contributed by atoms with Crippen molar-refractivity contribution in [3.05, 3.63) is 83.4 Å². The normalized spacial score (nSPS) is 39.4. The number of rotatable bonds is 7. The van der Waals surface area contributed by atoms with Gasteiger partial charge in [0.2, 0.25) is 5.91 Å². The number of ether oxygens (including phenoxy) is 2. The van der Waals surface area contributed by atoms with Gasteiger partial charge in [0.1, 0.15) is 24.1 Å². The average molecular weight is 712 g/mol. The Morgan fingerprint density at radius 1 is 1.08 bits per heavy atom. The molecule has 1 amide bonds. The second-order valence-electron chi connectivity index (χ2n) is 18.6. The second-order valence-corrected chi connectivity index (χ2v) is 18.6. The third kappa shape index (κ3) is 5.19. The van der Waals surface area contributed by atoms with Gasteiger partial charge in [0, 0.05) is 36.4 Å². The lowest BCUT2D eigenvalue weighted by Gasteiger charge is -2.63. The Morgan fingerprint density at radius 2 is 1.87 bits per heavy atom. The average Bonchev–Trinajstić information content (AvgIpc) is 3.70. The first-order chi connectivity index (χ1) is 24.6. The zero-order valence-electron chi connectivity index (χ0n) is 32.1. The van der Waals surface area contributed by atoms with E-state index in [0.29, 0.717) is 19.0 Å². The highest BCUT2D eigenvalue weighted by molar-refractivity contribution is 5.73. The molecule has 2 aromatic rings. The van der Waals surface area contributed by atoms with Crippen LogP contribution in [0.2, 0.25) is 0 Å². The van der Waals surface area contributed by atoms with E-state index < -0.39 is 11.5 Å². The van der Waals surface area contributed by atoms with Gasteiger partial charge < -0.3 is 19.5 Å². The van der Waals surface area contributed by atoms with E-state index in [2.05, 4.69) is 39.6 Å². The van der Waals surface area contributed by atoms with Gasteiger partial charge in [-0.2, -0.15) is 0 Å². The minimum absolute atomic E-state index is 0.0914. The monoisotopic (exact) mass is 711 g/mol. The van der Waals surface area contributed by atoms with E-state index in [9.17, 15) is 19.1 Å². The van der Waals surface area contributed by atoms with E-state index in [0.717, 1.165) is 80.4 Å². The predicted molar refractivity (Wildman–Crippen MR) is 195 cm³/mol. The van der Waals surface area contributed by atoms with E-state index >= 15 is 0 Å². The van der Waals surface area contributed by atoms with Crippen LogP contribution in [0.5, 0.6) is 0 Å². The largest absolute Gasteiger partial charge is 0.461 e. The fourth-order valence-electron chi connectivity index (χ4n) is 13.3. The summed E-state index contributed by atoms with van der Waals surface area (Å²) in [5.41, 5.74) is 1.88. The summed E-state index contributed by atoms with van der Waals surface area (Å²) in [6.07, 6.45) is 10.6. The molecule has 6 aliphatic rings. The summed E-state index contributed by atoms with van der Waals surface area (Å²) in [6.45, 7) is 15.7. The fourth-order valence-corrected chi connectivity index (χ4v) is 13.3. The SMILES string of the molecule is CC(=O)N(C[C]1C[C@@H](C)[C@H]2[C](O1)[C@H](O)[C@@]1(C)[C]3CC[C@H]4C(C)(C)[C@@H](OC(=O)Cc5ccccn5)CC[C@@]45C[C@@]35CC[C@]21C)Cc1cc(C)cc(F)c1. The van der Waals surface area contributed by atoms with Crippen LogP contribution in [-0.2, 0) is 32.0 Å². The first-order valence-electron chi connectivity index (χ1n) is 19.6. The number of aliphatic hydroxyl groups excluding tert-OH is 1. The Kier molecular flexibility index (Phi) is 8.58. The number of amides is 1. The molecule has 0 bridgehead atoms.